The zero-order valence-corrected chi connectivity index (χ0v) is 11.1. The van der Waals surface area contributed by atoms with Crippen LogP contribution < -0.4 is 0 Å². The van der Waals surface area contributed by atoms with Gasteiger partial charge in [-0.2, -0.15) is 0 Å². The van der Waals surface area contributed by atoms with E-state index in [-0.39, 0.29) is 12.5 Å². The molecule has 1 aromatic carbocycles. The number of rotatable bonds is 4. The van der Waals surface area contributed by atoms with E-state index in [1.54, 1.807) is 12.1 Å². The zero-order chi connectivity index (χ0) is 13.7. The minimum absolute atomic E-state index is 0.0791. The minimum Gasteiger partial charge on any atom is -0.508 e. The van der Waals surface area contributed by atoms with E-state index in [9.17, 15) is 9.90 Å². The molecule has 1 amide bonds. The van der Waals surface area contributed by atoms with Crippen LogP contribution in [0.1, 0.15) is 37.2 Å². The van der Waals surface area contributed by atoms with Crippen LogP contribution in [0.5, 0.6) is 5.75 Å². The fourth-order valence-corrected chi connectivity index (χ4v) is 2.60. The van der Waals surface area contributed by atoms with Gasteiger partial charge in [0.05, 0.1) is 0 Å². The third kappa shape index (κ3) is 3.70. The molecule has 1 fully saturated rings. The largest absolute Gasteiger partial charge is 0.508 e. The number of hydrogen-bond donors (Lipinski definition) is 2. The van der Waals surface area contributed by atoms with Gasteiger partial charge in [-0.1, -0.05) is 12.1 Å². The number of aromatic hydroxyl groups is 1. The van der Waals surface area contributed by atoms with Gasteiger partial charge < -0.3 is 15.1 Å². The van der Waals surface area contributed by atoms with Crippen molar-refractivity contribution in [2.24, 2.45) is 0 Å². The predicted octanol–water partition coefficient (Wildman–Crippen LogP) is 1.87. The van der Waals surface area contributed by atoms with Crippen molar-refractivity contribution in [1.82, 2.24) is 4.90 Å². The van der Waals surface area contributed by atoms with Crippen LogP contribution in [0.3, 0.4) is 0 Å². The maximum atomic E-state index is 11.8. The lowest BCUT2D eigenvalue weighted by molar-refractivity contribution is -0.132. The molecule has 0 saturated carbocycles. The lowest BCUT2D eigenvalue weighted by Crippen LogP contribution is -2.37. The molecule has 4 heteroatoms. The highest BCUT2D eigenvalue weighted by molar-refractivity contribution is 5.76. The molecule has 0 radical (unpaired) electrons. The summed E-state index contributed by atoms with van der Waals surface area (Å²) < 4.78 is 0. The van der Waals surface area contributed by atoms with Crippen LogP contribution in [0.2, 0.25) is 0 Å². The number of hydrogen-bond acceptors (Lipinski definition) is 3. The Morgan fingerprint density at radius 3 is 2.42 bits per heavy atom. The van der Waals surface area contributed by atoms with E-state index in [1.165, 1.54) is 5.56 Å². The van der Waals surface area contributed by atoms with Crippen molar-refractivity contribution in [1.29, 1.82) is 0 Å². The second-order valence-electron chi connectivity index (χ2n) is 5.07. The van der Waals surface area contributed by atoms with E-state index < -0.39 is 0 Å². The summed E-state index contributed by atoms with van der Waals surface area (Å²) >= 11 is 0. The van der Waals surface area contributed by atoms with Crippen LogP contribution in [0, 0.1) is 0 Å². The standard InChI is InChI=1S/C15H21NO3/c17-11-1-2-15(19)16-9-7-13(8-10-16)12-3-5-14(18)6-4-12/h3-6,13,17-18H,1-2,7-11H2. The van der Waals surface area contributed by atoms with Gasteiger partial charge in [0, 0.05) is 26.1 Å². The Morgan fingerprint density at radius 2 is 1.84 bits per heavy atom. The summed E-state index contributed by atoms with van der Waals surface area (Å²) in [4.78, 5) is 13.7. The molecule has 4 nitrogen and oxygen atoms in total. The van der Waals surface area contributed by atoms with Crippen molar-refractivity contribution in [3.05, 3.63) is 29.8 Å². The van der Waals surface area contributed by atoms with E-state index in [4.69, 9.17) is 5.11 Å². The van der Waals surface area contributed by atoms with Gasteiger partial charge in [-0.15, -0.1) is 0 Å². The number of phenolic OH excluding ortho intramolecular Hbond substituents is 1. The van der Waals surface area contributed by atoms with E-state index in [1.807, 2.05) is 17.0 Å². The molecule has 0 aliphatic carbocycles. The van der Waals surface area contributed by atoms with Crippen molar-refractivity contribution in [3.8, 4) is 5.75 Å². The molecule has 1 aliphatic rings. The predicted molar refractivity (Wildman–Crippen MR) is 73.0 cm³/mol. The highest BCUT2D eigenvalue weighted by Gasteiger charge is 2.23. The summed E-state index contributed by atoms with van der Waals surface area (Å²) in [5.41, 5.74) is 1.24. The average Bonchev–Trinajstić information content (AvgIpc) is 2.46. The van der Waals surface area contributed by atoms with E-state index in [0.717, 1.165) is 25.9 Å². The molecule has 0 spiro atoms. The maximum Gasteiger partial charge on any atom is 0.222 e. The highest BCUT2D eigenvalue weighted by atomic mass is 16.3. The molecule has 2 N–H and O–H groups in total. The van der Waals surface area contributed by atoms with Crippen molar-refractivity contribution in [3.63, 3.8) is 0 Å². The van der Waals surface area contributed by atoms with E-state index in [0.29, 0.717) is 24.5 Å². The third-order valence-electron chi connectivity index (χ3n) is 3.76. The Morgan fingerprint density at radius 1 is 1.21 bits per heavy atom. The molecule has 1 heterocycles. The highest BCUT2D eigenvalue weighted by Crippen LogP contribution is 2.29. The van der Waals surface area contributed by atoms with Crippen LogP contribution in [0.4, 0.5) is 0 Å². The molecule has 0 aromatic heterocycles. The number of phenols is 1. The molecule has 1 aliphatic heterocycles. The fourth-order valence-electron chi connectivity index (χ4n) is 2.60. The molecule has 2 rings (SSSR count). The summed E-state index contributed by atoms with van der Waals surface area (Å²) in [5, 5.41) is 18.0. The lowest BCUT2D eigenvalue weighted by atomic mass is 9.89. The number of aliphatic hydroxyl groups is 1. The second-order valence-corrected chi connectivity index (χ2v) is 5.07. The molecule has 0 unspecified atom stereocenters. The van der Waals surface area contributed by atoms with Crippen molar-refractivity contribution in [2.75, 3.05) is 19.7 Å². The number of benzene rings is 1. The Hall–Kier alpha value is -1.55. The number of carbonyl (C=O) groups is 1. The maximum absolute atomic E-state index is 11.8. The summed E-state index contributed by atoms with van der Waals surface area (Å²) in [6, 6.07) is 7.36. The number of amides is 1. The number of nitrogens with zero attached hydrogens (tertiary/aromatic N) is 1. The summed E-state index contributed by atoms with van der Waals surface area (Å²) in [6.45, 7) is 1.65. The van der Waals surface area contributed by atoms with Gasteiger partial charge in [0.2, 0.25) is 5.91 Å². The van der Waals surface area contributed by atoms with Gasteiger partial charge in [-0.05, 0) is 42.9 Å². The average molecular weight is 263 g/mol. The van der Waals surface area contributed by atoms with Crippen molar-refractivity contribution < 1.29 is 15.0 Å². The van der Waals surface area contributed by atoms with E-state index in [2.05, 4.69) is 0 Å². The van der Waals surface area contributed by atoms with Gasteiger partial charge >= 0.3 is 0 Å². The third-order valence-corrected chi connectivity index (χ3v) is 3.76. The molecule has 1 aromatic rings. The Bertz CT molecular complexity index is 408. The van der Waals surface area contributed by atoms with Gasteiger partial charge in [0.15, 0.2) is 0 Å². The molecule has 19 heavy (non-hydrogen) atoms. The smallest absolute Gasteiger partial charge is 0.222 e. The first-order valence-corrected chi connectivity index (χ1v) is 6.88. The van der Waals surface area contributed by atoms with Gasteiger partial charge in [0.1, 0.15) is 5.75 Å². The van der Waals surface area contributed by atoms with Crippen molar-refractivity contribution in [2.45, 2.75) is 31.6 Å². The second kappa shape index (κ2) is 6.57. The van der Waals surface area contributed by atoms with Crippen LogP contribution >= 0.6 is 0 Å². The molecule has 1 saturated heterocycles. The monoisotopic (exact) mass is 263 g/mol. The normalized spacial score (nSPS) is 16.6. The number of aliphatic hydroxyl groups excluding tert-OH is 1. The van der Waals surface area contributed by atoms with Gasteiger partial charge in [0.25, 0.3) is 0 Å². The number of piperidine rings is 1. The van der Waals surface area contributed by atoms with Crippen LogP contribution in [0.15, 0.2) is 24.3 Å². The minimum atomic E-state index is 0.0791. The zero-order valence-electron chi connectivity index (χ0n) is 11.1. The first kappa shape index (κ1) is 13.9. The quantitative estimate of drug-likeness (QED) is 0.871. The number of likely N-dealkylation sites (tertiary alicyclic amines) is 1. The summed E-state index contributed by atoms with van der Waals surface area (Å²) in [7, 11) is 0. The van der Waals surface area contributed by atoms with Crippen LogP contribution in [0.25, 0.3) is 0 Å². The van der Waals surface area contributed by atoms with E-state index >= 15 is 0 Å². The lowest BCUT2D eigenvalue weighted by Gasteiger charge is -2.32. The summed E-state index contributed by atoms with van der Waals surface area (Å²) in [5.74, 6) is 0.918. The van der Waals surface area contributed by atoms with Gasteiger partial charge in [-0.25, -0.2) is 0 Å². The molecular weight excluding hydrogens is 242 g/mol. The SMILES string of the molecule is O=C(CCCO)N1CCC(c2ccc(O)cc2)CC1. The Labute approximate surface area is 113 Å². The molecule has 104 valence electrons. The van der Waals surface area contributed by atoms with Crippen molar-refractivity contribution >= 4 is 5.91 Å². The summed E-state index contributed by atoms with van der Waals surface area (Å²) in [6.07, 6.45) is 2.93. The molecular formula is C15H21NO3. The Balaban J connectivity index is 1.85. The molecule has 0 atom stereocenters. The van der Waals surface area contributed by atoms with Gasteiger partial charge in [-0.3, -0.25) is 4.79 Å². The topological polar surface area (TPSA) is 60.8 Å². The number of carbonyl (C=O) groups excluding carboxylic acids is 1. The molecule has 0 bridgehead atoms. The van der Waals surface area contributed by atoms with Crippen LogP contribution in [-0.4, -0.2) is 40.7 Å². The fraction of sp³-hybridized carbons (Fsp3) is 0.533. The first-order chi connectivity index (χ1) is 9.20. The first-order valence-electron chi connectivity index (χ1n) is 6.88. The Kier molecular flexibility index (Phi) is 4.80. The van der Waals surface area contributed by atoms with Crippen LogP contribution in [-0.2, 0) is 4.79 Å².